The first-order valence-electron chi connectivity index (χ1n) is 6.65. The number of aliphatic hydroxyl groups excluding tert-OH is 1. The van der Waals surface area contributed by atoms with E-state index < -0.39 is 12.0 Å². The summed E-state index contributed by atoms with van der Waals surface area (Å²) in [6.45, 7) is 0. The van der Waals surface area contributed by atoms with Crippen molar-refractivity contribution in [2.24, 2.45) is 5.10 Å². The average molecular weight is 359 g/mol. The summed E-state index contributed by atoms with van der Waals surface area (Å²) in [5, 5.41) is 13.6. The Morgan fingerprint density at radius 2 is 1.82 bits per heavy atom. The maximum Gasteiger partial charge on any atom is 0.273 e. The summed E-state index contributed by atoms with van der Waals surface area (Å²) in [6.07, 6.45) is 3.79. The topological polar surface area (TPSA) is 61.7 Å². The molecule has 0 aliphatic rings. The maximum atomic E-state index is 11.7. The molecule has 2 aromatic rings. The highest BCUT2D eigenvalue weighted by atomic mass is 79.9. The standard InChI is InChI=1S/C17H15BrN2O2/c18-15-10-8-13(9-11-15)5-4-12-19-20-17(22)16(21)14-6-2-1-3-7-14/h1-12,16,21H,(H,20,22)/b5-4+,19-12?. The average Bonchev–Trinajstić information content (AvgIpc) is 2.56. The molecule has 2 aromatic carbocycles. The maximum absolute atomic E-state index is 11.7. The van der Waals surface area contributed by atoms with Crippen molar-refractivity contribution in [2.45, 2.75) is 6.10 Å². The van der Waals surface area contributed by atoms with Crippen LogP contribution in [0.1, 0.15) is 17.2 Å². The first kappa shape index (κ1) is 16.1. The number of aliphatic hydroxyl groups is 1. The van der Waals surface area contributed by atoms with Gasteiger partial charge in [0.05, 0.1) is 0 Å². The molecule has 1 unspecified atom stereocenters. The van der Waals surface area contributed by atoms with Crippen LogP contribution >= 0.6 is 15.9 Å². The lowest BCUT2D eigenvalue weighted by atomic mass is 10.1. The number of carbonyl (C=O) groups excluding carboxylic acids is 1. The van der Waals surface area contributed by atoms with Gasteiger partial charge in [0.1, 0.15) is 0 Å². The molecule has 0 saturated carbocycles. The number of allylic oxidation sites excluding steroid dienone is 1. The van der Waals surface area contributed by atoms with Crippen LogP contribution in [0.3, 0.4) is 0 Å². The summed E-state index contributed by atoms with van der Waals surface area (Å²) < 4.78 is 1.01. The Morgan fingerprint density at radius 3 is 2.50 bits per heavy atom. The SMILES string of the molecule is O=C(NN=C/C=C/c1ccc(Br)cc1)C(O)c1ccccc1. The van der Waals surface area contributed by atoms with Crippen molar-refractivity contribution in [1.29, 1.82) is 0 Å². The molecule has 0 radical (unpaired) electrons. The largest absolute Gasteiger partial charge is 0.378 e. The molecule has 5 heteroatoms. The van der Waals surface area contributed by atoms with Gasteiger partial charge in [-0.15, -0.1) is 0 Å². The number of benzene rings is 2. The fraction of sp³-hybridized carbons (Fsp3) is 0.0588. The van der Waals surface area contributed by atoms with Crippen LogP contribution in [-0.2, 0) is 4.79 Å². The van der Waals surface area contributed by atoms with Gasteiger partial charge in [-0.1, -0.05) is 64.5 Å². The number of halogens is 1. The first-order valence-corrected chi connectivity index (χ1v) is 7.44. The molecule has 0 spiro atoms. The third kappa shape index (κ3) is 4.95. The number of nitrogens with one attached hydrogen (secondary N) is 1. The molecule has 1 amide bonds. The minimum absolute atomic E-state index is 0.528. The molecule has 0 aliphatic carbocycles. The van der Waals surface area contributed by atoms with Crippen molar-refractivity contribution >= 4 is 34.1 Å². The van der Waals surface area contributed by atoms with E-state index in [-0.39, 0.29) is 0 Å². The lowest BCUT2D eigenvalue weighted by Gasteiger charge is -2.08. The van der Waals surface area contributed by atoms with Gasteiger partial charge in [0.15, 0.2) is 6.10 Å². The van der Waals surface area contributed by atoms with Crippen LogP contribution in [0.5, 0.6) is 0 Å². The number of hydrazone groups is 1. The van der Waals surface area contributed by atoms with Crippen molar-refractivity contribution in [3.05, 3.63) is 76.3 Å². The molecule has 4 nitrogen and oxygen atoms in total. The fourth-order valence-corrected chi connectivity index (χ4v) is 1.98. The molecule has 0 aromatic heterocycles. The van der Waals surface area contributed by atoms with Gasteiger partial charge in [-0.2, -0.15) is 5.10 Å². The highest BCUT2D eigenvalue weighted by molar-refractivity contribution is 9.10. The van der Waals surface area contributed by atoms with E-state index in [4.69, 9.17) is 0 Å². The second-order valence-electron chi connectivity index (χ2n) is 4.48. The molecule has 2 N–H and O–H groups in total. The third-order valence-corrected chi connectivity index (χ3v) is 3.39. The van der Waals surface area contributed by atoms with Gasteiger partial charge in [0, 0.05) is 10.7 Å². The van der Waals surface area contributed by atoms with Crippen molar-refractivity contribution in [2.75, 3.05) is 0 Å². The Kier molecular flexibility index (Phi) is 6.06. The van der Waals surface area contributed by atoms with E-state index in [1.54, 1.807) is 30.3 Å². The lowest BCUT2D eigenvalue weighted by molar-refractivity contribution is -0.129. The Bertz CT molecular complexity index is 667. The molecule has 0 aliphatic heterocycles. The number of amides is 1. The summed E-state index contributed by atoms with van der Waals surface area (Å²) in [6, 6.07) is 16.5. The van der Waals surface area contributed by atoms with Gasteiger partial charge in [-0.25, -0.2) is 5.43 Å². The molecule has 0 saturated heterocycles. The minimum Gasteiger partial charge on any atom is -0.378 e. The Morgan fingerprint density at radius 1 is 1.14 bits per heavy atom. The van der Waals surface area contributed by atoms with Gasteiger partial charge >= 0.3 is 0 Å². The van der Waals surface area contributed by atoms with Crippen molar-refractivity contribution < 1.29 is 9.90 Å². The Labute approximate surface area is 137 Å². The predicted molar refractivity (Wildman–Crippen MR) is 91.2 cm³/mol. The minimum atomic E-state index is -1.23. The zero-order valence-corrected chi connectivity index (χ0v) is 13.3. The quantitative estimate of drug-likeness (QED) is 0.636. The Hall–Kier alpha value is -2.24. The molecule has 112 valence electrons. The number of rotatable bonds is 5. The van der Waals surface area contributed by atoms with Gasteiger partial charge in [-0.3, -0.25) is 4.79 Å². The number of hydrogen-bond donors (Lipinski definition) is 2. The van der Waals surface area contributed by atoms with Crippen molar-refractivity contribution in [1.82, 2.24) is 5.43 Å². The summed E-state index contributed by atoms with van der Waals surface area (Å²) in [4.78, 5) is 11.7. The third-order valence-electron chi connectivity index (χ3n) is 2.86. The molecule has 1 atom stereocenters. The normalized spacial score (nSPS) is 12.6. The van der Waals surface area contributed by atoms with Crippen LogP contribution in [-0.4, -0.2) is 17.2 Å². The van der Waals surface area contributed by atoms with Gasteiger partial charge in [0.25, 0.3) is 5.91 Å². The zero-order valence-electron chi connectivity index (χ0n) is 11.7. The van der Waals surface area contributed by atoms with Crippen LogP contribution in [0.4, 0.5) is 0 Å². The van der Waals surface area contributed by atoms with Crippen molar-refractivity contribution in [3.63, 3.8) is 0 Å². The molecular formula is C17H15BrN2O2. The predicted octanol–water partition coefficient (Wildman–Crippen LogP) is 3.30. The second kappa shape index (κ2) is 8.26. The number of nitrogens with zero attached hydrogens (tertiary/aromatic N) is 1. The smallest absolute Gasteiger partial charge is 0.273 e. The highest BCUT2D eigenvalue weighted by Crippen LogP contribution is 2.12. The van der Waals surface area contributed by atoms with E-state index in [2.05, 4.69) is 26.5 Å². The van der Waals surface area contributed by atoms with Gasteiger partial charge in [0.2, 0.25) is 0 Å². The van der Waals surface area contributed by atoms with Crippen molar-refractivity contribution in [3.8, 4) is 0 Å². The molecule has 0 heterocycles. The summed E-state index contributed by atoms with van der Waals surface area (Å²) in [5.41, 5.74) is 3.85. The number of carbonyl (C=O) groups is 1. The molecule has 0 bridgehead atoms. The molecular weight excluding hydrogens is 344 g/mol. The van der Waals surface area contributed by atoms with Crippen LogP contribution in [0.25, 0.3) is 6.08 Å². The van der Waals surface area contributed by atoms with Crippen LogP contribution in [0.15, 0.2) is 70.2 Å². The second-order valence-corrected chi connectivity index (χ2v) is 5.39. The van der Waals surface area contributed by atoms with Gasteiger partial charge < -0.3 is 5.11 Å². The van der Waals surface area contributed by atoms with E-state index in [0.29, 0.717) is 5.56 Å². The van der Waals surface area contributed by atoms with Crippen LogP contribution in [0, 0.1) is 0 Å². The van der Waals surface area contributed by atoms with E-state index in [1.165, 1.54) is 6.21 Å². The summed E-state index contributed by atoms with van der Waals surface area (Å²) in [5.74, 6) is -0.570. The monoisotopic (exact) mass is 358 g/mol. The van der Waals surface area contributed by atoms with Crippen LogP contribution in [0.2, 0.25) is 0 Å². The molecule has 0 fully saturated rings. The zero-order chi connectivity index (χ0) is 15.8. The molecule has 2 rings (SSSR count). The fourth-order valence-electron chi connectivity index (χ4n) is 1.72. The highest BCUT2D eigenvalue weighted by Gasteiger charge is 2.15. The van der Waals surface area contributed by atoms with E-state index >= 15 is 0 Å². The van der Waals surface area contributed by atoms with E-state index in [1.807, 2.05) is 36.4 Å². The number of hydrogen-bond acceptors (Lipinski definition) is 3. The Balaban J connectivity index is 1.84. The van der Waals surface area contributed by atoms with E-state index in [9.17, 15) is 9.90 Å². The molecule has 22 heavy (non-hydrogen) atoms. The van der Waals surface area contributed by atoms with E-state index in [0.717, 1.165) is 10.0 Å². The van der Waals surface area contributed by atoms with Crippen LogP contribution < -0.4 is 5.43 Å². The first-order chi connectivity index (χ1) is 10.7. The summed E-state index contributed by atoms with van der Waals surface area (Å²) in [7, 11) is 0. The summed E-state index contributed by atoms with van der Waals surface area (Å²) >= 11 is 3.37. The van der Waals surface area contributed by atoms with Gasteiger partial charge in [-0.05, 0) is 29.3 Å². The lowest BCUT2D eigenvalue weighted by Crippen LogP contribution is -2.24.